The highest BCUT2D eigenvalue weighted by Crippen LogP contribution is 2.42. The summed E-state index contributed by atoms with van der Waals surface area (Å²) in [4.78, 5) is 9.95. The van der Waals surface area contributed by atoms with Crippen molar-refractivity contribution in [3.63, 3.8) is 0 Å². The van der Waals surface area contributed by atoms with Crippen molar-refractivity contribution in [2.24, 2.45) is 5.41 Å². The first-order valence-electron chi connectivity index (χ1n) is 5.70. The normalized spacial score (nSPS) is 25.2. The quantitative estimate of drug-likeness (QED) is 0.641. The third kappa shape index (κ3) is 2.56. The van der Waals surface area contributed by atoms with Crippen LogP contribution in [0.3, 0.4) is 0 Å². The number of thiophene rings is 1. The Bertz CT molecular complexity index is 655. The average molecular weight is 341 g/mol. The van der Waals surface area contributed by atoms with E-state index in [9.17, 15) is 23.6 Å². The van der Waals surface area contributed by atoms with E-state index >= 15 is 0 Å². The Hall–Kier alpha value is -0.740. The number of aliphatic hydroxyl groups is 1. The minimum Gasteiger partial charge on any atom is -0.392 e. The van der Waals surface area contributed by atoms with Crippen LogP contribution in [-0.2, 0) is 10.0 Å². The zero-order chi connectivity index (χ0) is 15.3. The predicted octanol–water partition coefficient (Wildman–Crippen LogP) is 1.75. The van der Waals surface area contributed by atoms with Crippen LogP contribution in [0.15, 0.2) is 10.3 Å². The molecule has 2 N–H and O–H groups in total. The van der Waals surface area contributed by atoms with Crippen molar-refractivity contribution in [3.8, 4) is 0 Å². The van der Waals surface area contributed by atoms with Crippen LogP contribution in [0.25, 0.3) is 0 Å². The van der Waals surface area contributed by atoms with E-state index in [2.05, 4.69) is 4.72 Å². The molecular formula is C10H13ClN2O5S2. The summed E-state index contributed by atoms with van der Waals surface area (Å²) in [5.74, 6) is 0. The van der Waals surface area contributed by atoms with E-state index in [1.165, 1.54) is 0 Å². The molecule has 1 saturated carbocycles. The van der Waals surface area contributed by atoms with Crippen LogP contribution in [0, 0.1) is 15.5 Å². The van der Waals surface area contributed by atoms with E-state index in [-0.39, 0.29) is 8.55 Å². The molecule has 0 bridgehead atoms. The molecule has 2 rings (SSSR count). The van der Waals surface area contributed by atoms with Crippen LogP contribution in [0.4, 0.5) is 5.69 Å². The second-order valence-electron chi connectivity index (χ2n) is 5.23. The third-order valence-corrected chi connectivity index (χ3v) is 6.90. The van der Waals surface area contributed by atoms with Gasteiger partial charge in [-0.25, -0.2) is 13.1 Å². The van der Waals surface area contributed by atoms with Crippen molar-refractivity contribution in [1.29, 1.82) is 0 Å². The molecule has 0 aromatic carbocycles. The fourth-order valence-corrected chi connectivity index (χ4v) is 5.03. The lowest BCUT2D eigenvalue weighted by molar-refractivity contribution is -0.384. The summed E-state index contributed by atoms with van der Waals surface area (Å²) in [7, 11) is -3.88. The Morgan fingerprint density at radius 1 is 1.60 bits per heavy atom. The highest BCUT2D eigenvalue weighted by Gasteiger charge is 2.49. The van der Waals surface area contributed by atoms with Gasteiger partial charge in [0, 0.05) is 17.5 Å². The minimum atomic E-state index is -3.88. The molecule has 0 aliphatic heterocycles. The fraction of sp³-hybridized carbons (Fsp3) is 0.600. The number of halogens is 1. The molecule has 1 aromatic rings. The number of sulfonamides is 1. The number of aliphatic hydroxyl groups excluding tert-OH is 1. The van der Waals surface area contributed by atoms with Crippen LogP contribution in [0.5, 0.6) is 0 Å². The van der Waals surface area contributed by atoms with E-state index in [0.29, 0.717) is 17.8 Å². The van der Waals surface area contributed by atoms with Gasteiger partial charge in [-0.05, 0) is 6.42 Å². The van der Waals surface area contributed by atoms with Crippen LogP contribution in [0.1, 0.15) is 20.3 Å². The number of nitro groups is 1. The largest absolute Gasteiger partial charge is 0.392 e. The third-order valence-electron chi connectivity index (χ3n) is 3.62. The van der Waals surface area contributed by atoms with Crippen molar-refractivity contribution >= 4 is 38.6 Å². The molecule has 1 fully saturated rings. The Morgan fingerprint density at radius 3 is 2.60 bits per heavy atom. The van der Waals surface area contributed by atoms with Crippen LogP contribution >= 0.6 is 22.9 Å². The maximum Gasteiger partial charge on any atom is 0.300 e. The van der Waals surface area contributed by atoms with Crippen molar-refractivity contribution in [3.05, 3.63) is 20.5 Å². The maximum absolute atomic E-state index is 12.2. The Balaban J connectivity index is 2.24. The molecule has 112 valence electrons. The van der Waals surface area contributed by atoms with E-state index in [1.807, 2.05) is 0 Å². The minimum absolute atomic E-state index is 0.178. The lowest BCUT2D eigenvalue weighted by Crippen LogP contribution is -2.60. The Labute approximate surface area is 124 Å². The fourth-order valence-electron chi connectivity index (χ4n) is 1.94. The lowest BCUT2D eigenvalue weighted by atomic mass is 9.65. The Morgan fingerprint density at radius 2 is 2.20 bits per heavy atom. The smallest absolute Gasteiger partial charge is 0.300 e. The van der Waals surface area contributed by atoms with Gasteiger partial charge in [-0.2, -0.15) is 0 Å². The molecule has 0 radical (unpaired) electrons. The van der Waals surface area contributed by atoms with Gasteiger partial charge in [0.1, 0.15) is 4.21 Å². The molecule has 7 nitrogen and oxygen atoms in total. The van der Waals surface area contributed by atoms with Crippen LogP contribution in [0.2, 0.25) is 4.34 Å². The van der Waals surface area contributed by atoms with Gasteiger partial charge in [0.05, 0.1) is 11.0 Å². The monoisotopic (exact) mass is 340 g/mol. The van der Waals surface area contributed by atoms with Gasteiger partial charge in [0.25, 0.3) is 15.7 Å². The van der Waals surface area contributed by atoms with E-state index in [1.54, 1.807) is 13.8 Å². The predicted molar refractivity (Wildman–Crippen MR) is 74.5 cm³/mol. The van der Waals surface area contributed by atoms with Crippen molar-refractivity contribution in [2.75, 3.05) is 0 Å². The first-order chi connectivity index (χ1) is 9.05. The molecule has 1 aliphatic carbocycles. The highest BCUT2D eigenvalue weighted by atomic mass is 35.5. The maximum atomic E-state index is 12.2. The van der Waals surface area contributed by atoms with Crippen molar-refractivity contribution in [2.45, 2.75) is 36.6 Å². The summed E-state index contributed by atoms with van der Waals surface area (Å²) in [6.45, 7) is 3.50. The molecule has 2 unspecified atom stereocenters. The van der Waals surface area contributed by atoms with Gasteiger partial charge in [-0.3, -0.25) is 10.1 Å². The van der Waals surface area contributed by atoms with Crippen molar-refractivity contribution < 1.29 is 18.4 Å². The first kappa shape index (κ1) is 15.6. The van der Waals surface area contributed by atoms with E-state index in [4.69, 9.17) is 11.6 Å². The summed E-state index contributed by atoms with van der Waals surface area (Å²) >= 11 is 6.29. The van der Waals surface area contributed by atoms with Gasteiger partial charge in [-0.1, -0.05) is 25.4 Å². The van der Waals surface area contributed by atoms with Gasteiger partial charge >= 0.3 is 0 Å². The van der Waals surface area contributed by atoms with Crippen LogP contribution < -0.4 is 4.72 Å². The summed E-state index contributed by atoms with van der Waals surface area (Å²) < 4.78 is 26.4. The lowest BCUT2D eigenvalue weighted by Gasteiger charge is -2.49. The van der Waals surface area contributed by atoms with Crippen LogP contribution in [-0.4, -0.2) is 30.6 Å². The zero-order valence-electron chi connectivity index (χ0n) is 10.7. The molecule has 0 amide bonds. The molecule has 1 aliphatic rings. The molecule has 0 saturated heterocycles. The Kier molecular flexibility index (Phi) is 3.85. The second kappa shape index (κ2) is 4.92. The molecule has 2 atom stereocenters. The first-order valence-corrected chi connectivity index (χ1v) is 8.37. The SMILES string of the molecule is CC1(C)C(O)CC1NS(=O)(=O)c1cc([N+](=O)[O-])c(Cl)s1. The zero-order valence-corrected chi connectivity index (χ0v) is 13.0. The van der Waals surface area contributed by atoms with Gasteiger partial charge in [-0.15, -0.1) is 11.3 Å². The van der Waals surface area contributed by atoms with E-state index < -0.39 is 38.2 Å². The highest BCUT2D eigenvalue weighted by molar-refractivity contribution is 7.91. The van der Waals surface area contributed by atoms with Gasteiger partial charge in [0.2, 0.25) is 0 Å². The average Bonchev–Trinajstić information content (AvgIpc) is 2.71. The molecule has 1 aromatic heterocycles. The topological polar surface area (TPSA) is 110 Å². The summed E-state index contributed by atoms with van der Waals surface area (Å²) in [5.41, 5.74) is -0.995. The second-order valence-corrected chi connectivity index (χ2v) is 8.82. The molecule has 1 heterocycles. The number of hydrogen-bond donors (Lipinski definition) is 2. The number of nitrogens with zero attached hydrogens (tertiary/aromatic N) is 1. The summed E-state index contributed by atoms with van der Waals surface area (Å²) in [6.07, 6.45) is -0.260. The van der Waals surface area contributed by atoms with E-state index in [0.717, 1.165) is 6.07 Å². The van der Waals surface area contributed by atoms with Gasteiger partial charge < -0.3 is 5.11 Å². The summed E-state index contributed by atoms with van der Waals surface area (Å²) in [6, 6.07) is 0.527. The molecule has 0 spiro atoms. The van der Waals surface area contributed by atoms with Crippen molar-refractivity contribution in [1.82, 2.24) is 4.72 Å². The van der Waals surface area contributed by atoms with Gasteiger partial charge in [0.15, 0.2) is 4.34 Å². The molecule has 20 heavy (non-hydrogen) atoms. The number of rotatable bonds is 4. The number of nitrogens with one attached hydrogen (secondary N) is 1. The number of hydrogen-bond acceptors (Lipinski definition) is 6. The molecule has 10 heteroatoms. The summed E-state index contributed by atoms with van der Waals surface area (Å²) in [5, 5.41) is 20.3. The molecular weight excluding hydrogens is 328 g/mol. The standard InChI is InChI=1S/C10H13ClN2O5S2/c1-10(2)6(4-7(10)14)12-20(17,18)8-3-5(13(15)16)9(11)19-8/h3,6-7,12,14H,4H2,1-2H3.